The highest BCUT2D eigenvalue weighted by atomic mass is 35.5. The van der Waals surface area contributed by atoms with E-state index in [4.69, 9.17) is 25.5 Å². The van der Waals surface area contributed by atoms with E-state index in [0.29, 0.717) is 36.6 Å². The van der Waals surface area contributed by atoms with Crippen LogP contribution in [0.4, 0.5) is 0 Å². The number of rotatable bonds is 4. The van der Waals surface area contributed by atoms with E-state index in [1.165, 1.54) is 0 Å². The van der Waals surface area contributed by atoms with Gasteiger partial charge in [-0.2, -0.15) is 0 Å². The summed E-state index contributed by atoms with van der Waals surface area (Å²) in [6.07, 6.45) is 2.48. The zero-order valence-electron chi connectivity index (χ0n) is 20.0. The van der Waals surface area contributed by atoms with Crippen molar-refractivity contribution in [3.8, 4) is 5.75 Å². The molecule has 0 saturated carbocycles. The molecule has 3 aliphatic heterocycles. The Hall–Kier alpha value is -3.03. The lowest BCUT2D eigenvalue weighted by Crippen LogP contribution is -2.60. The van der Waals surface area contributed by atoms with Crippen molar-refractivity contribution < 1.29 is 28.6 Å². The number of benzene rings is 2. The van der Waals surface area contributed by atoms with Crippen molar-refractivity contribution >= 4 is 34.4 Å². The molecule has 3 aromatic rings. The number of ether oxygens (including phenoxy) is 2. The summed E-state index contributed by atoms with van der Waals surface area (Å²) in [4.78, 5) is 27.1. The number of nitrogens with zero attached hydrogens (tertiary/aromatic N) is 1. The van der Waals surface area contributed by atoms with Crippen LogP contribution in [0.25, 0.3) is 11.0 Å². The number of amides is 1. The van der Waals surface area contributed by atoms with E-state index in [2.05, 4.69) is 0 Å². The molecule has 2 fully saturated rings. The Bertz CT molecular complexity index is 1350. The molecule has 2 saturated heterocycles. The first-order chi connectivity index (χ1) is 17.3. The number of likely N-dealkylation sites (tertiary alicyclic amines) is 1. The molecule has 7 nitrogen and oxygen atoms in total. The Morgan fingerprint density at radius 2 is 2.03 bits per heavy atom. The number of carboxylic acids is 1. The van der Waals surface area contributed by atoms with Crippen LogP contribution in [-0.2, 0) is 9.53 Å². The maximum Gasteiger partial charge on any atom is 0.303 e. The van der Waals surface area contributed by atoms with Crippen molar-refractivity contribution in [2.45, 2.75) is 56.3 Å². The predicted octanol–water partition coefficient (Wildman–Crippen LogP) is 5.85. The van der Waals surface area contributed by atoms with E-state index in [0.717, 1.165) is 29.5 Å². The molecule has 1 aromatic heterocycles. The van der Waals surface area contributed by atoms with Gasteiger partial charge in [-0.3, -0.25) is 9.59 Å². The van der Waals surface area contributed by atoms with Gasteiger partial charge in [0.05, 0.1) is 18.2 Å². The van der Waals surface area contributed by atoms with Gasteiger partial charge in [0.15, 0.2) is 5.76 Å². The van der Waals surface area contributed by atoms with Crippen LogP contribution < -0.4 is 4.74 Å². The largest absolute Gasteiger partial charge is 0.487 e. The van der Waals surface area contributed by atoms with Crippen LogP contribution in [0.15, 0.2) is 52.9 Å². The quantitative estimate of drug-likeness (QED) is 0.474. The topological polar surface area (TPSA) is 89.2 Å². The van der Waals surface area contributed by atoms with Crippen molar-refractivity contribution in [3.63, 3.8) is 0 Å². The van der Waals surface area contributed by atoms with Gasteiger partial charge in [0, 0.05) is 34.9 Å². The van der Waals surface area contributed by atoms with Crippen LogP contribution >= 0.6 is 11.6 Å². The van der Waals surface area contributed by atoms with Gasteiger partial charge in [-0.05, 0) is 62.9 Å². The first kappa shape index (κ1) is 23.4. The highest BCUT2D eigenvalue weighted by Gasteiger charge is 2.57. The molecule has 8 heteroatoms. The first-order valence-corrected chi connectivity index (χ1v) is 12.8. The summed E-state index contributed by atoms with van der Waals surface area (Å²) in [6.45, 7) is 3.01. The number of aliphatic carboxylic acids is 1. The maximum atomic E-state index is 13.7. The molecular formula is C28H28ClNO6. The zero-order valence-corrected chi connectivity index (χ0v) is 20.8. The fraction of sp³-hybridized carbons (Fsp3) is 0.429. The molecule has 0 radical (unpaired) electrons. The van der Waals surface area contributed by atoms with E-state index in [1.807, 2.05) is 36.1 Å². The number of carboxylic acid groups (broad SMARTS) is 1. The molecule has 0 unspecified atom stereocenters. The fourth-order valence-electron chi connectivity index (χ4n) is 6.38. The lowest BCUT2D eigenvalue weighted by Gasteiger charge is -2.54. The lowest BCUT2D eigenvalue weighted by atomic mass is 9.68. The molecule has 6 rings (SSSR count). The summed E-state index contributed by atoms with van der Waals surface area (Å²) in [5.41, 5.74) is 0.359. The third-order valence-electron chi connectivity index (χ3n) is 8.22. The Morgan fingerprint density at radius 3 is 2.86 bits per heavy atom. The van der Waals surface area contributed by atoms with Gasteiger partial charge in [-0.1, -0.05) is 29.8 Å². The van der Waals surface area contributed by atoms with Crippen LogP contribution in [-0.4, -0.2) is 46.2 Å². The number of halogens is 1. The SMILES string of the molecule is C[C@@]1(CCC(=O)O)Oc2ccccc2[C@@H]2OC[C@]3(CCCN3C(=O)c3cc4cc(Cl)ccc4o3)C[C@H]21. The molecule has 1 amide bonds. The van der Waals surface area contributed by atoms with Gasteiger partial charge < -0.3 is 23.9 Å². The van der Waals surface area contributed by atoms with Gasteiger partial charge in [-0.25, -0.2) is 0 Å². The van der Waals surface area contributed by atoms with Gasteiger partial charge >= 0.3 is 5.97 Å². The maximum absolute atomic E-state index is 13.7. The molecule has 3 aliphatic rings. The molecule has 0 bridgehead atoms. The van der Waals surface area contributed by atoms with Crippen molar-refractivity contribution in [3.05, 3.63) is 64.9 Å². The highest BCUT2D eigenvalue weighted by Crippen LogP contribution is 2.55. The van der Waals surface area contributed by atoms with Crippen LogP contribution in [0.1, 0.15) is 61.3 Å². The Balaban J connectivity index is 1.34. The van der Waals surface area contributed by atoms with E-state index < -0.39 is 17.1 Å². The number of carbonyl (C=O) groups is 2. The Morgan fingerprint density at radius 1 is 1.19 bits per heavy atom. The average molecular weight is 510 g/mol. The fourth-order valence-corrected chi connectivity index (χ4v) is 6.56. The van der Waals surface area contributed by atoms with E-state index in [9.17, 15) is 14.7 Å². The molecule has 1 spiro atoms. The predicted molar refractivity (Wildman–Crippen MR) is 133 cm³/mol. The number of fused-ring (bicyclic) bond motifs is 4. The van der Waals surface area contributed by atoms with Gasteiger partial charge in [0.1, 0.15) is 16.9 Å². The number of furan rings is 1. The molecule has 4 heterocycles. The van der Waals surface area contributed by atoms with Gasteiger partial charge in [0.25, 0.3) is 5.91 Å². The van der Waals surface area contributed by atoms with E-state index in [-0.39, 0.29) is 30.1 Å². The highest BCUT2D eigenvalue weighted by molar-refractivity contribution is 6.31. The number of hydrogen-bond acceptors (Lipinski definition) is 5. The van der Waals surface area contributed by atoms with Crippen LogP contribution in [0.3, 0.4) is 0 Å². The summed E-state index contributed by atoms with van der Waals surface area (Å²) in [5.74, 6) is -0.101. The normalized spacial score (nSPS) is 29.1. The standard InChI is InChI=1S/C28H28ClNO6/c1-27(11-9-24(31)32)20-15-28(16-34-25(20)19-5-2-3-6-22(19)36-27)10-4-12-30(28)26(33)23-14-17-13-18(29)7-8-21(17)35-23/h2-3,5-8,13-14,20,25H,4,9-12,15-16H2,1H3,(H,31,32)/t20-,25+,27+,28+/m1/s1. The third-order valence-corrected chi connectivity index (χ3v) is 8.45. The summed E-state index contributed by atoms with van der Waals surface area (Å²) in [6, 6.07) is 14.9. The second-order valence-corrected chi connectivity index (χ2v) is 10.9. The molecule has 2 aromatic carbocycles. The summed E-state index contributed by atoms with van der Waals surface area (Å²) >= 11 is 6.12. The summed E-state index contributed by atoms with van der Waals surface area (Å²) in [5, 5.41) is 10.8. The average Bonchev–Trinajstić information content (AvgIpc) is 3.46. The second-order valence-electron chi connectivity index (χ2n) is 10.5. The first-order valence-electron chi connectivity index (χ1n) is 12.4. The van der Waals surface area contributed by atoms with E-state index in [1.54, 1.807) is 24.3 Å². The second kappa shape index (κ2) is 8.53. The number of para-hydroxylation sites is 1. The van der Waals surface area contributed by atoms with Crippen molar-refractivity contribution in [1.29, 1.82) is 0 Å². The summed E-state index contributed by atoms with van der Waals surface area (Å²) < 4.78 is 19.0. The molecule has 4 atom stereocenters. The number of hydrogen-bond donors (Lipinski definition) is 1. The zero-order chi connectivity index (χ0) is 25.1. The molecule has 1 N–H and O–H groups in total. The van der Waals surface area contributed by atoms with Gasteiger partial charge in [-0.15, -0.1) is 0 Å². The lowest BCUT2D eigenvalue weighted by molar-refractivity contribution is -0.169. The Kier molecular flexibility index (Phi) is 5.54. The minimum atomic E-state index is -0.857. The smallest absolute Gasteiger partial charge is 0.303 e. The van der Waals surface area contributed by atoms with E-state index >= 15 is 0 Å². The number of carbonyl (C=O) groups excluding carboxylic acids is 1. The van der Waals surface area contributed by atoms with Crippen LogP contribution in [0.5, 0.6) is 5.75 Å². The minimum Gasteiger partial charge on any atom is -0.487 e. The van der Waals surface area contributed by atoms with Gasteiger partial charge in [0.2, 0.25) is 0 Å². The Labute approximate surface area is 213 Å². The van der Waals surface area contributed by atoms with Crippen molar-refractivity contribution in [1.82, 2.24) is 4.90 Å². The minimum absolute atomic E-state index is 0.000917. The monoisotopic (exact) mass is 509 g/mol. The third kappa shape index (κ3) is 3.76. The summed E-state index contributed by atoms with van der Waals surface area (Å²) in [7, 11) is 0. The molecule has 0 aliphatic carbocycles. The molecule has 188 valence electrons. The van der Waals surface area contributed by atoms with Crippen LogP contribution in [0, 0.1) is 5.92 Å². The molecule has 36 heavy (non-hydrogen) atoms. The van der Waals surface area contributed by atoms with Crippen molar-refractivity contribution in [2.75, 3.05) is 13.2 Å². The van der Waals surface area contributed by atoms with Crippen molar-refractivity contribution in [2.24, 2.45) is 5.92 Å². The van der Waals surface area contributed by atoms with Crippen LogP contribution in [0.2, 0.25) is 5.02 Å². The molecular weight excluding hydrogens is 482 g/mol.